The number of non-ortho nitro benzene ring substituents is 1. The highest BCUT2D eigenvalue weighted by molar-refractivity contribution is 5.71. The van der Waals surface area contributed by atoms with E-state index in [9.17, 15) is 20.2 Å². The SMILES string of the molecule is O=[N+]([O-])c1ccc(Nc2ccc(OCCO)cc2)c([N+](=O)[O-])c1. The normalized spacial score (nSPS) is 10.1. The summed E-state index contributed by atoms with van der Waals surface area (Å²) >= 11 is 0. The van der Waals surface area contributed by atoms with Crippen LogP contribution in [0.15, 0.2) is 42.5 Å². The van der Waals surface area contributed by atoms with Crippen molar-refractivity contribution in [2.75, 3.05) is 18.5 Å². The number of nitrogens with one attached hydrogen (secondary N) is 1. The molecule has 2 aromatic carbocycles. The van der Waals surface area contributed by atoms with Gasteiger partial charge in [-0.25, -0.2) is 0 Å². The molecule has 0 saturated carbocycles. The molecule has 0 atom stereocenters. The Balaban J connectivity index is 2.22. The number of aliphatic hydroxyl groups excluding tert-OH is 1. The van der Waals surface area contributed by atoms with Crippen molar-refractivity contribution in [1.82, 2.24) is 0 Å². The fourth-order valence-corrected chi connectivity index (χ4v) is 1.84. The summed E-state index contributed by atoms with van der Waals surface area (Å²) in [6, 6.07) is 9.92. The fraction of sp³-hybridized carbons (Fsp3) is 0.143. The van der Waals surface area contributed by atoms with Crippen LogP contribution in [0.5, 0.6) is 5.75 Å². The fourth-order valence-electron chi connectivity index (χ4n) is 1.84. The van der Waals surface area contributed by atoms with Crippen LogP contribution in [0.25, 0.3) is 0 Å². The Morgan fingerprint density at radius 2 is 1.74 bits per heavy atom. The predicted molar refractivity (Wildman–Crippen MR) is 82.1 cm³/mol. The summed E-state index contributed by atoms with van der Waals surface area (Å²) in [6.07, 6.45) is 0. The second-order valence-corrected chi connectivity index (χ2v) is 4.44. The van der Waals surface area contributed by atoms with E-state index >= 15 is 0 Å². The van der Waals surface area contributed by atoms with Gasteiger partial charge in [0.25, 0.3) is 11.4 Å². The molecule has 2 rings (SSSR count). The molecule has 0 saturated heterocycles. The zero-order valence-electron chi connectivity index (χ0n) is 11.8. The lowest BCUT2D eigenvalue weighted by Crippen LogP contribution is -2.01. The van der Waals surface area contributed by atoms with Crippen molar-refractivity contribution < 1.29 is 19.7 Å². The lowest BCUT2D eigenvalue weighted by molar-refractivity contribution is -0.393. The standard InChI is InChI=1S/C14H13N3O6/c18-7-8-23-12-4-1-10(2-5-12)15-13-6-3-11(16(19)20)9-14(13)17(21)22/h1-6,9,15,18H,7-8H2. The van der Waals surface area contributed by atoms with Crippen LogP contribution >= 0.6 is 0 Å². The van der Waals surface area contributed by atoms with E-state index < -0.39 is 9.85 Å². The molecule has 23 heavy (non-hydrogen) atoms. The van der Waals surface area contributed by atoms with Crippen LogP contribution in [0, 0.1) is 20.2 Å². The van der Waals surface area contributed by atoms with Crippen molar-refractivity contribution in [3.63, 3.8) is 0 Å². The first kappa shape index (κ1) is 16.2. The van der Waals surface area contributed by atoms with Gasteiger partial charge < -0.3 is 15.2 Å². The summed E-state index contributed by atoms with van der Waals surface area (Å²) < 4.78 is 5.20. The van der Waals surface area contributed by atoms with Crippen molar-refractivity contribution in [1.29, 1.82) is 0 Å². The molecule has 0 amide bonds. The van der Waals surface area contributed by atoms with Gasteiger partial charge in [-0.05, 0) is 30.3 Å². The molecule has 0 radical (unpaired) electrons. The quantitative estimate of drug-likeness (QED) is 0.593. The number of nitrogens with zero attached hydrogens (tertiary/aromatic N) is 2. The Morgan fingerprint density at radius 3 is 2.30 bits per heavy atom. The van der Waals surface area contributed by atoms with Gasteiger partial charge in [-0.3, -0.25) is 20.2 Å². The molecule has 0 bridgehead atoms. The zero-order chi connectivity index (χ0) is 16.8. The van der Waals surface area contributed by atoms with Gasteiger partial charge >= 0.3 is 0 Å². The molecular formula is C14H13N3O6. The topological polar surface area (TPSA) is 128 Å². The lowest BCUT2D eigenvalue weighted by Gasteiger charge is -2.08. The number of hydrogen-bond donors (Lipinski definition) is 2. The van der Waals surface area contributed by atoms with Gasteiger partial charge in [0, 0.05) is 11.8 Å². The Bertz CT molecular complexity index is 717. The maximum atomic E-state index is 11.1. The minimum Gasteiger partial charge on any atom is -0.491 e. The second kappa shape index (κ2) is 7.18. The molecule has 2 N–H and O–H groups in total. The van der Waals surface area contributed by atoms with Gasteiger partial charge in [0.2, 0.25) is 0 Å². The van der Waals surface area contributed by atoms with Gasteiger partial charge in [0.05, 0.1) is 22.5 Å². The van der Waals surface area contributed by atoms with E-state index in [4.69, 9.17) is 9.84 Å². The van der Waals surface area contributed by atoms with E-state index in [0.29, 0.717) is 11.4 Å². The smallest absolute Gasteiger partial charge is 0.299 e. The minimum atomic E-state index is -0.690. The van der Waals surface area contributed by atoms with Crippen molar-refractivity contribution in [2.24, 2.45) is 0 Å². The highest BCUT2D eigenvalue weighted by Crippen LogP contribution is 2.31. The van der Waals surface area contributed by atoms with Crippen LogP contribution in [0.2, 0.25) is 0 Å². The third-order valence-corrected chi connectivity index (χ3v) is 2.88. The van der Waals surface area contributed by atoms with E-state index in [2.05, 4.69) is 5.32 Å². The van der Waals surface area contributed by atoms with Crippen LogP contribution < -0.4 is 10.1 Å². The van der Waals surface area contributed by atoms with E-state index in [-0.39, 0.29) is 30.3 Å². The average Bonchev–Trinajstić information content (AvgIpc) is 2.54. The molecule has 0 aliphatic rings. The van der Waals surface area contributed by atoms with Gasteiger partial charge in [0.15, 0.2) is 0 Å². The molecule has 0 heterocycles. The molecule has 0 spiro atoms. The second-order valence-electron chi connectivity index (χ2n) is 4.44. The van der Waals surface area contributed by atoms with Crippen LogP contribution in [-0.2, 0) is 0 Å². The van der Waals surface area contributed by atoms with Crippen LogP contribution in [0.3, 0.4) is 0 Å². The molecule has 2 aromatic rings. The zero-order valence-corrected chi connectivity index (χ0v) is 11.8. The number of nitro benzene ring substituents is 2. The molecule has 120 valence electrons. The summed E-state index contributed by atoms with van der Waals surface area (Å²) in [7, 11) is 0. The molecule has 9 heteroatoms. The van der Waals surface area contributed by atoms with E-state index in [0.717, 1.165) is 6.07 Å². The monoisotopic (exact) mass is 319 g/mol. The van der Waals surface area contributed by atoms with Crippen LogP contribution in [0.4, 0.5) is 22.7 Å². The lowest BCUT2D eigenvalue weighted by atomic mass is 10.2. The van der Waals surface area contributed by atoms with Crippen molar-refractivity contribution in [3.05, 3.63) is 62.7 Å². The van der Waals surface area contributed by atoms with E-state index in [1.54, 1.807) is 24.3 Å². The minimum absolute atomic E-state index is 0.102. The third-order valence-electron chi connectivity index (χ3n) is 2.88. The number of anilines is 2. The first-order chi connectivity index (χ1) is 11.0. The average molecular weight is 319 g/mol. The molecule has 0 fully saturated rings. The highest BCUT2D eigenvalue weighted by Gasteiger charge is 2.19. The maximum Gasteiger partial charge on any atom is 0.299 e. The van der Waals surface area contributed by atoms with Crippen molar-refractivity contribution in [2.45, 2.75) is 0 Å². The number of hydrogen-bond acceptors (Lipinski definition) is 7. The first-order valence-corrected chi connectivity index (χ1v) is 6.55. The number of aliphatic hydroxyl groups is 1. The highest BCUT2D eigenvalue weighted by atomic mass is 16.6. The number of rotatable bonds is 7. The van der Waals surface area contributed by atoms with Gasteiger partial charge in [-0.1, -0.05) is 0 Å². The van der Waals surface area contributed by atoms with Gasteiger partial charge in [-0.15, -0.1) is 0 Å². The number of nitro groups is 2. The Kier molecular flexibility index (Phi) is 5.05. The molecule has 0 aliphatic carbocycles. The maximum absolute atomic E-state index is 11.1. The third kappa shape index (κ3) is 4.14. The number of ether oxygens (including phenoxy) is 1. The Labute approximate surface area is 130 Å². The summed E-state index contributed by atoms with van der Waals surface area (Å²) in [5.41, 5.74) is -0.0438. The summed E-state index contributed by atoms with van der Waals surface area (Å²) in [6.45, 7) is 0.0651. The summed E-state index contributed by atoms with van der Waals surface area (Å²) in [5.74, 6) is 0.544. The predicted octanol–water partition coefficient (Wildman–Crippen LogP) is 2.62. The Morgan fingerprint density at radius 1 is 1.04 bits per heavy atom. The molecule has 0 unspecified atom stereocenters. The molecule has 0 aromatic heterocycles. The van der Waals surface area contributed by atoms with E-state index in [1.165, 1.54) is 12.1 Å². The Hall–Kier alpha value is -3.20. The van der Waals surface area contributed by atoms with E-state index in [1.807, 2.05) is 0 Å². The number of benzene rings is 2. The largest absolute Gasteiger partial charge is 0.491 e. The van der Waals surface area contributed by atoms with Crippen LogP contribution in [-0.4, -0.2) is 28.2 Å². The van der Waals surface area contributed by atoms with Crippen molar-refractivity contribution in [3.8, 4) is 5.75 Å². The van der Waals surface area contributed by atoms with Crippen molar-refractivity contribution >= 4 is 22.7 Å². The molecule has 9 nitrogen and oxygen atoms in total. The van der Waals surface area contributed by atoms with Gasteiger partial charge in [0.1, 0.15) is 18.0 Å². The first-order valence-electron chi connectivity index (χ1n) is 6.55. The van der Waals surface area contributed by atoms with Crippen LogP contribution in [0.1, 0.15) is 0 Å². The van der Waals surface area contributed by atoms with Gasteiger partial charge in [-0.2, -0.15) is 0 Å². The summed E-state index contributed by atoms with van der Waals surface area (Å²) in [4.78, 5) is 20.4. The molecule has 0 aliphatic heterocycles. The molecular weight excluding hydrogens is 306 g/mol. The summed E-state index contributed by atoms with van der Waals surface area (Å²) in [5, 5.41) is 33.3.